The number of urea groups is 1. The summed E-state index contributed by atoms with van der Waals surface area (Å²) in [6.45, 7) is 0.0300. The lowest BCUT2D eigenvalue weighted by molar-refractivity contribution is 0.164. The van der Waals surface area contributed by atoms with Crippen molar-refractivity contribution in [2.45, 2.75) is 6.17 Å². The van der Waals surface area contributed by atoms with Gasteiger partial charge in [0.1, 0.15) is 6.17 Å². The highest BCUT2D eigenvalue weighted by Gasteiger charge is 2.26. The van der Waals surface area contributed by atoms with Crippen molar-refractivity contribution >= 4 is 17.3 Å². The van der Waals surface area contributed by atoms with Crippen molar-refractivity contribution in [3.05, 3.63) is 0 Å². The third kappa shape index (κ3) is 3.27. The maximum absolute atomic E-state index is 10.8. The number of carbonyl (C=O) groups is 1. The van der Waals surface area contributed by atoms with Crippen LogP contribution in [0, 0.1) is 0 Å². The normalized spacial score (nSPS) is 15.5. The van der Waals surface area contributed by atoms with Gasteiger partial charge >= 0.3 is 6.03 Å². The summed E-state index contributed by atoms with van der Waals surface area (Å²) in [6.07, 6.45) is -0.677. The molecule has 8 heteroatoms. The van der Waals surface area contributed by atoms with E-state index in [0.29, 0.717) is 4.31 Å². The molecule has 0 aromatic carbocycles. The van der Waals surface area contributed by atoms with Crippen molar-refractivity contribution in [2.75, 3.05) is 20.6 Å². The summed E-state index contributed by atoms with van der Waals surface area (Å²) >= 11 is -2.45. The fourth-order valence-corrected chi connectivity index (χ4v) is 1.48. The van der Waals surface area contributed by atoms with Crippen LogP contribution in [0.4, 0.5) is 4.79 Å². The van der Waals surface area contributed by atoms with Crippen molar-refractivity contribution in [2.24, 2.45) is 11.5 Å². The molecule has 13 heavy (non-hydrogen) atoms. The van der Waals surface area contributed by atoms with Gasteiger partial charge in [-0.1, -0.05) is 0 Å². The molecule has 0 aromatic rings. The molecule has 0 heterocycles. The Kier molecular flexibility index (Phi) is 4.85. The van der Waals surface area contributed by atoms with E-state index in [9.17, 15) is 9.00 Å². The van der Waals surface area contributed by atoms with E-state index in [1.165, 1.54) is 4.90 Å². The molecule has 2 amide bonds. The summed E-state index contributed by atoms with van der Waals surface area (Å²) in [4.78, 5) is 12.3. The summed E-state index contributed by atoms with van der Waals surface area (Å²) in [5.41, 5.74) is 10.2. The Morgan fingerprint density at radius 1 is 1.62 bits per heavy atom. The van der Waals surface area contributed by atoms with Gasteiger partial charge in [-0.25, -0.2) is 13.3 Å². The topological polar surface area (TPSA) is 113 Å². The number of primary amides is 1. The molecule has 2 unspecified atom stereocenters. The van der Waals surface area contributed by atoms with Gasteiger partial charge in [-0.05, 0) is 14.1 Å². The minimum absolute atomic E-state index is 0.0300. The Hall–Kier alpha value is -0.700. The predicted octanol–water partition coefficient (Wildman–Crippen LogP) is -1.65. The van der Waals surface area contributed by atoms with Crippen LogP contribution in [0.1, 0.15) is 0 Å². The van der Waals surface area contributed by atoms with Crippen molar-refractivity contribution in [1.29, 1.82) is 0 Å². The second-order valence-electron chi connectivity index (χ2n) is 2.57. The fourth-order valence-electron chi connectivity index (χ4n) is 0.844. The molecule has 2 atom stereocenters. The molecule has 0 bridgehead atoms. The van der Waals surface area contributed by atoms with Gasteiger partial charge < -0.3 is 11.5 Å². The van der Waals surface area contributed by atoms with Crippen molar-refractivity contribution in [3.8, 4) is 0 Å². The first kappa shape index (κ1) is 12.3. The number of likely N-dealkylation sites (N-methyl/N-ethyl adjacent to an activating group) is 1. The quantitative estimate of drug-likeness (QED) is 0.380. The lowest BCUT2D eigenvalue weighted by atomic mass is 10.4. The zero-order valence-electron chi connectivity index (χ0n) is 7.51. The Balaban J connectivity index is 4.69. The number of hydrogen-bond acceptors (Lipinski definition) is 4. The molecule has 0 aliphatic rings. The van der Waals surface area contributed by atoms with Crippen LogP contribution in [0.2, 0.25) is 0 Å². The smallest absolute Gasteiger partial charge is 0.329 e. The number of rotatable bonds is 4. The second kappa shape index (κ2) is 5.12. The van der Waals surface area contributed by atoms with Crippen LogP contribution in [0.15, 0.2) is 0 Å². The average Bonchev–Trinajstić information content (AvgIpc) is 1.97. The minimum atomic E-state index is -2.45. The van der Waals surface area contributed by atoms with E-state index >= 15 is 0 Å². The molecule has 0 aliphatic heterocycles. The molecule has 5 N–H and O–H groups in total. The van der Waals surface area contributed by atoms with E-state index < -0.39 is 23.5 Å². The second-order valence-corrected chi connectivity index (χ2v) is 3.43. The Labute approximate surface area is 79.1 Å². The van der Waals surface area contributed by atoms with E-state index in [2.05, 4.69) is 0 Å². The number of carbonyl (C=O) groups excluding carboxylic acids is 1. The van der Waals surface area contributed by atoms with Gasteiger partial charge in [-0.2, -0.15) is 0 Å². The van der Waals surface area contributed by atoms with Gasteiger partial charge in [-0.3, -0.25) is 9.45 Å². The average molecular weight is 210 g/mol. The summed E-state index contributed by atoms with van der Waals surface area (Å²) in [7, 11) is 3.25. The molecule has 0 spiro atoms. The number of hydrogen-bond donors (Lipinski definition) is 3. The molecule has 0 saturated carbocycles. The molecule has 0 aromatic heterocycles. The van der Waals surface area contributed by atoms with Crippen molar-refractivity contribution in [1.82, 2.24) is 9.21 Å². The van der Waals surface area contributed by atoms with E-state index in [1.54, 1.807) is 14.1 Å². The van der Waals surface area contributed by atoms with E-state index in [0.717, 1.165) is 0 Å². The highest BCUT2D eigenvalue weighted by Crippen LogP contribution is 2.02. The molecule has 0 saturated heterocycles. The van der Waals surface area contributed by atoms with Crippen LogP contribution in [0.5, 0.6) is 0 Å². The van der Waals surface area contributed by atoms with Crippen LogP contribution in [-0.4, -0.2) is 50.8 Å². The van der Waals surface area contributed by atoms with Gasteiger partial charge in [0.25, 0.3) is 11.3 Å². The largest absolute Gasteiger partial charge is 0.351 e. The molecule has 0 rings (SSSR count). The zero-order valence-corrected chi connectivity index (χ0v) is 8.32. The van der Waals surface area contributed by atoms with Crippen LogP contribution in [0.3, 0.4) is 0 Å². The predicted molar refractivity (Wildman–Crippen MR) is 48.7 cm³/mol. The lowest BCUT2D eigenvalue weighted by Gasteiger charge is -2.30. The SMILES string of the molecule is CN(C)C(CN)N(C(N)=O)S(=O)O. The van der Waals surface area contributed by atoms with Gasteiger partial charge in [0.15, 0.2) is 0 Å². The number of nitrogens with two attached hydrogens (primary N) is 2. The fraction of sp³-hybridized carbons (Fsp3) is 0.800. The molecule has 0 aliphatic carbocycles. The summed E-state index contributed by atoms with van der Waals surface area (Å²) in [5, 5.41) is 0. The van der Waals surface area contributed by atoms with Crippen LogP contribution in [-0.2, 0) is 11.3 Å². The van der Waals surface area contributed by atoms with E-state index in [4.69, 9.17) is 16.0 Å². The van der Waals surface area contributed by atoms with Gasteiger partial charge in [0.2, 0.25) is 0 Å². The van der Waals surface area contributed by atoms with Crippen molar-refractivity contribution < 1.29 is 13.6 Å². The van der Waals surface area contributed by atoms with Crippen LogP contribution < -0.4 is 11.5 Å². The zero-order chi connectivity index (χ0) is 10.6. The van der Waals surface area contributed by atoms with Crippen molar-refractivity contribution in [3.63, 3.8) is 0 Å². The number of amides is 2. The first-order valence-electron chi connectivity index (χ1n) is 3.48. The highest BCUT2D eigenvalue weighted by molar-refractivity contribution is 7.77. The third-order valence-electron chi connectivity index (χ3n) is 1.46. The third-order valence-corrected chi connectivity index (χ3v) is 2.22. The van der Waals surface area contributed by atoms with Gasteiger partial charge in [0.05, 0.1) is 0 Å². The molecule has 7 nitrogen and oxygen atoms in total. The standard InChI is InChI=1S/C5H14N4O3S/c1-8(2)4(3-6)9(5(7)10)13(11)12/h4H,3,6H2,1-2H3,(H2,7,10)(H,11,12). The highest BCUT2D eigenvalue weighted by atomic mass is 32.2. The molecule has 78 valence electrons. The first-order chi connectivity index (χ1) is 5.91. The molecular formula is C5H14N4O3S. The Morgan fingerprint density at radius 3 is 2.15 bits per heavy atom. The summed E-state index contributed by atoms with van der Waals surface area (Å²) < 4.78 is 20.0. The maximum atomic E-state index is 10.8. The summed E-state index contributed by atoms with van der Waals surface area (Å²) in [6, 6.07) is -0.981. The maximum Gasteiger partial charge on any atom is 0.329 e. The summed E-state index contributed by atoms with van der Waals surface area (Å²) in [5.74, 6) is 0. The lowest BCUT2D eigenvalue weighted by Crippen LogP contribution is -2.54. The van der Waals surface area contributed by atoms with Crippen LogP contribution >= 0.6 is 0 Å². The van der Waals surface area contributed by atoms with Gasteiger partial charge in [0, 0.05) is 6.54 Å². The minimum Gasteiger partial charge on any atom is -0.351 e. The first-order valence-corrected chi connectivity index (χ1v) is 4.54. The van der Waals surface area contributed by atoms with E-state index in [1.807, 2.05) is 0 Å². The Bertz CT molecular complexity index is 196. The monoisotopic (exact) mass is 210 g/mol. The number of nitrogens with zero attached hydrogens (tertiary/aromatic N) is 2. The van der Waals surface area contributed by atoms with Crippen LogP contribution in [0.25, 0.3) is 0 Å². The molecule has 0 fully saturated rings. The Morgan fingerprint density at radius 2 is 2.08 bits per heavy atom. The molecule has 0 radical (unpaired) electrons. The molecular weight excluding hydrogens is 196 g/mol. The van der Waals surface area contributed by atoms with Gasteiger partial charge in [-0.15, -0.1) is 0 Å². The van der Waals surface area contributed by atoms with E-state index in [-0.39, 0.29) is 6.54 Å².